The van der Waals surface area contributed by atoms with Gasteiger partial charge in [0.2, 0.25) is 0 Å². The molecule has 3 nitrogen and oxygen atoms in total. The number of aryl methyl sites for hydroxylation is 1. The summed E-state index contributed by atoms with van der Waals surface area (Å²) in [7, 11) is 0. The fraction of sp³-hybridized carbons (Fsp3) is 0.600. The summed E-state index contributed by atoms with van der Waals surface area (Å²) in [5.74, 6) is 1.09. The molecule has 1 aliphatic rings. The monoisotopic (exact) mass is 241 g/mol. The molecule has 0 aromatic carbocycles. The van der Waals surface area contributed by atoms with Gasteiger partial charge in [-0.15, -0.1) is 11.3 Å². The van der Waals surface area contributed by atoms with Crippen LogP contribution in [-0.4, -0.2) is 21.9 Å². The third-order valence-electron chi connectivity index (χ3n) is 2.15. The van der Waals surface area contributed by atoms with Gasteiger partial charge in [0.15, 0.2) is 5.17 Å². The zero-order chi connectivity index (χ0) is 10.8. The highest BCUT2D eigenvalue weighted by atomic mass is 32.2. The van der Waals surface area contributed by atoms with Crippen LogP contribution in [0.5, 0.6) is 0 Å². The third kappa shape index (κ3) is 2.72. The van der Waals surface area contributed by atoms with E-state index in [1.807, 2.05) is 6.20 Å². The zero-order valence-electron chi connectivity index (χ0n) is 9.15. The van der Waals surface area contributed by atoms with Crippen molar-refractivity contribution in [2.45, 2.75) is 32.9 Å². The topological polar surface area (TPSA) is 37.3 Å². The number of aromatic nitrogens is 1. The van der Waals surface area contributed by atoms with Crippen LogP contribution in [0, 0.1) is 6.92 Å². The molecule has 0 amide bonds. The van der Waals surface area contributed by atoms with Crippen molar-refractivity contribution in [1.29, 1.82) is 0 Å². The first-order valence-electron chi connectivity index (χ1n) is 5.04. The fourth-order valence-electron chi connectivity index (χ4n) is 1.37. The van der Waals surface area contributed by atoms with Crippen molar-refractivity contribution in [1.82, 2.24) is 10.3 Å². The Morgan fingerprint density at radius 3 is 2.93 bits per heavy atom. The number of hydrogen-bond donors (Lipinski definition) is 1. The number of thioether (sulfide) groups is 1. The number of nitrogens with zero attached hydrogens (tertiary/aromatic N) is 2. The van der Waals surface area contributed by atoms with E-state index in [0.29, 0.717) is 6.04 Å². The second-order valence-corrected chi connectivity index (χ2v) is 6.04. The van der Waals surface area contributed by atoms with Gasteiger partial charge < -0.3 is 5.32 Å². The van der Waals surface area contributed by atoms with Crippen LogP contribution in [0.3, 0.4) is 0 Å². The quantitative estimate of drug-likeness (QED) is 0.864. The van der Waals surface area contributed by atoms with Crippen LogP contribution >= 0.6 is 23.1 Å². The molecular weight excluding hydrogens is 226 g/mol. The minimum Gasteiger partial charge on any atom is -0.356 e. The van der Waals surface area contributed by atoms with Gasteiger partial charge in [0.25, 0.3) is 0 Å². The van der Waals surface area contributed by atoms with E-state index >= 15 is 0 Å². The van der Waals surface area contributed by atoms with Gasteiger partial charge in [-0.3, -0.25) is 4.99 Å². The van der Waals surface area contributed by atoms with Crippen LogP contribution in [0.4, 0.5) is 0 Å². The van der Waals surface area contributed by atoms with Crippen LogP contribution in [0.1, 0.15) is 29.8 Å². The van der Waals surface area contributed by atoms with E-state index in [9.17, 15) is 0 Å². The summed E-state index contributed by atoms with van der Waals surface area (Å²) in [6.07, 6.45) is 1.92. The second kappa shape index (κ2) is 4.53. The molecule has 0 fully saturated rings. The van der Waals surface area contributed by atoms with E-state index in [1.165, 1.54) is 4.88 Å². The Hall–Kier alpha value is -0.550. The van der Waals surface area contributed by atoms with E-state index in [4.69, 9.17) is 0 Å². The third-order valence-corrected chi connectivity index (χ3v) is 4.39. The Labute approximate surface area is 98.4 Å². The normalized spacial score (nSPS) is 22.6. The average molecular weight is 241 g/mol. The smallest absolute Gasteiger partial charge is 0.157 e. The van der Waals surface area contributed by atoms with E-state index in [2.05, 4.69) is 36.1 Å². The predicted molar refractivity (Wildman–Crippen MR) is 67.8 cm³/mol. The lowest BCUT2D eigenvalue weighted by Crippen LogP contribution is -2.22. The molecular formula is C10H15N3S2. The zero-order valence-corrected chi connectivity index (χ0v) is 10.8. The first-order valence-corrected chi connectivity index (χ1v) is 6.85. The average Bonchev–Trinajstić information content (AvgIpc) is 2.75. The van der Waals surface area contributed by atoms with E-state index in [-0.39, 0.29) is 6.04 Å². The van der Waals surface area contributed by atoms with Gasteiger partial charge in [0.05, 0.1) is 12.1 Å². The van der Waals surface area contributed by atoms with Crippen LogP contribution < -0.4 is 5.32 Å². The maximum atomic E-state index is 4.51. The number of aliphatic imine (C=N–C) groups is 1. The molecule has 2 atom stereocenters. The Kier molecular flexibility index (Phi) is 3.31. The number of amidine groups is 1. The highest BCUT2D eigenvalue weighted by Gasteiger charge is 2.17. The standard InChI is InChI=1S/C10H15N3S2/c1-6-5-14-10(12-6)13-8(3)9-11-4-7(2)15-9/h4,6,8H,5H2,1-3H3,(H,12,13). The Bertz CT molecular complexity index is 372. The number of thiazole rings is 1. The number of hydrogen-bond acceptors (Lipinski definition) is 5. The van der Waals surface area contributed by atoms with Crippen molar-refractivity contribution in [3.05, 3.63) is 16.1 Å². The van der Waals surface area contributed by atoms with Crippen LogP contribution in [-0.2, 0) is 0 Å². The molecule has 0 radical (unpaired) electrons. The van der Waals surface area contributed by atoms with Crippen LogP contribution in [0.15, 0.2) is 11.2 Å². The SMILES string of the molecule is Cc1cnc(C(C)NC2=NC(C)CS2)s1. The number of nitrogens with one attached hydrogen (secondary N) is 1. The summed E-state index contributed by atoms with van der Waals surface area (Å²) in [6.45, 7) is 6.35. The lowest BCUT2D eigenvalue weighted by Gasteiger charge is -2.11. The largest absolute Gasteiger partial charge is 0.356 e. The van der Waals surface area contributed by atoms with E-state index < -0.39 is 0 Å². The van der Waals surface area contributed by atoms with Gasteiger partial charge in [-0.25, -0.2) is 4.98 Å². The molecule has 2 unspecified atom stereocenters. The summed E-state index contributed by atoms with van der Waals surface area (Å²) in [6, 6.07) is 0.711. The highest BCUT2D eigenvalue weighted by Crippen LogP contribution is 2.22. The van der Waals surface area contributed by atoms with Crippen molar-refractivity contribution in [3.63, 3.8) is 0 Å². The number of rotatable bonds is 2. The van der Waals surface area contributed by atoms with E-state index in [1.54, 1.807) is 23.1 Å². The molecule has 0 spiro atoms. The molecule has 1 aromatic heterocycles. The molecule has 1 N–H and O–H groups in total. The molecule has 0 bridgehead atoms. The van der Waals surface area contributed by atoms with Crippen LogP contribution in [0.25, 0.3) is 0 Å². The van der Waals surface area contributed by atoms with Crippen molar-refractivity contribution in [2.75, 3.05) is 5.75 Å². The van der Waals surface area contributed by atoms with Gasteiger partial charge >= 0.3 is 0 Å². The fourth-order valence-corrected chi connectivity index (χ4v) is 3.14. The first-order chi connectivity index (χ1) is 7.15. The molecule has 0 saturated carbocycles. The van der Waals surface area contributed by atoms with Crippen molar-refractivity contribution < 1.29 is 0 Å². The molecule has 82 valence electrons. The molecule has 5 heteroatoms. The molecule has 0 aliphatic carbocycles. The summed E-state index contributed by atoms with van der Waals surface area (Å²) >= 11 is 3.54. The highest BCUT2D eigenvalue weighted by molar-refractivity contribution is 8.14. The summed E-state index contributed by atoms with van der Waals surface area (Å²) in [4.78, 5) is 10.1. The van der Waals surface area contributed by atoms with Crippen LogP contribution in [0.2, 0.25) is 0 Å². The lowest BCUT2D eigenvalue weighted by molar-refractivity contribution is 0.712. The molecule has 2 heterocycles. The maximum absolute atomic E-state index is 4.51. The summed E-state index contributed by atoms with van der Waals surface area (Å²) in [5.41, 5.74) is 0. The first kappa shape index (κ1) is 11.0. The van der Waals surface area contributed by atoms with Gasteiger partial charge in [-0.2, -0.15) is 0 Å². The summed E-state index contributed by atoms with van der Waals surface area (Å²) in [5, 5.41) is 5.59. The lowest BCUT2D eigenvalue weighted by atomic mass is 10.4. The second-order valence-electron chi connectivity index (χ2n) is 3.77. The van der Waals surface area contributed by atoms with E-state index in [0.717, 1.165) is 15.9 Å². The molecule has 15 heavy (non-hydrogen) atoms. The van der Waals surface area contributed by atoms with Crippen molar-refractivity contribution in [2.24, 2.45) is 4.99 Å². The maximum Gasteiger partial charge on any atom is 0.157 e. The molecule has 0 saturated heterocycles. The molecule has 2 rings (SSSR count). The Morgan fingerprint density at radius 1 is 1.60 bits per heavy atom. The Balaban J connectivity index is 1.98. The predicted octanol–water partition coefficient (Wildman–Crippen LogP) is 2.59. The molecule has 1 aromatic rings. The van der Waals surface area contributed by atoms with Gasteiger partial charge in [0.1, 0.15) is 5.01 Å². The van der Waals surface area contributed by atoms with Gasteiger partial charge in [-0.05, 0) is 20.8 Å². The summed E-state index contributed by atoms with van der Waals surface area (Å²) < 4.78 is 0. The molecule has 1 aliphatic heterocycles. The minimum atomic E-state index is 0.264. The van der Waals surface area contributed by atoms with Gasteiger partial charge in [0, 0.05) is 16.8 Å². The van der Waals surface area contributed by atoms with Gasteiger partial charge in [-0.1, -0.05) is 11.8 Å². The minimum absolute atomic E-state index is 0.264. The van der Waals surface area contributed by atoms with Crippen molar-refractivity contribution in [3.8, 4) is 0 Å². The van der Waals surface area contributed by atoms with Crippen molar-refractivity contribution >= 4 is 28.3 Å². The Morgan fingerprint density at radius 2 is 2.40 bits per heavy atom.